The molecule has 0 saturated carbocycles. The molecule has 0 fully saturated rings. The second-order valence-electron chi connectivity index (χ2n) is 4.68. The normalized spacial score (nSPS) is 11.6. The molecule has 0 saturated heterocycles. The molecule has 0 atom stereocenters. The first-order chi connectivity index (χ1) is 9.94. The summed E-state index contributed by atoms with van der Waals surface area (Å²) in [6.45, 7) is 3.78. The van der Waals surface area contributed by atoms with Crippen LogP contribution in [-0.2, 0) is 16.4 Å². The van der Waals surface area contributed by atoms with Gasteiger partial charge in [0.25, 0.3) is 0 Å². The average molecular weight is 310 g/mol. The van der Waals surface area contributed by atoms with Crippen LogP contribution < -0.4 is 10.0 Å². The molecule has 1 aromatic carbocycles. The van der Waals surface area contributed by atoms with Gasteiger partial charge in [-0.2, -0.15) is 4.98 Å². The zero-order valence-corrected chi connectivity index (χ0v) is 13.0. The molecule has 1 heterocycles. The van der Waals surface area contributed by atoms with E-state index in [0.29, 0.717) is 28.3 Å². The van der Waals surface area contributed by atoms with E-state index in [1.807, 2.05) is 0 Å². The summed E-state index contributed by atoms with van der Waals surface area (Å²) in [7, 11) is -1.77. The summed E-state index contributed by atoms with van der Waals surface area (Å²) < 4.78 is 32.0. The SMILES string of the molecule is CNc1cc(C)c(S(=O)(=O)NCCc2ncon2)c(C)c1. The molecule has 2 rings (SSSR count). The van der Waals surface area contributed by atoms with E-state index in [9.17, 15) is 8.42 Å². The first kappa shape index (κ1) is 15.5. The largest absolute Gasteiger partial charge is 0.388 e. The maximum atomic E-state index is 12.4. The third-order valence-electron chi connectivity index (χ3n) is 3.07. The molecule has 0 aliphatic carbocycles. The first-order valence-electron chi connectivity index (χ1n) is 6.48. The van der Waals surface area contributed by atoms with E-state index >= 15 is 0 Å². The van der Waals surface area contributed by atoms with Gasteiger partial charge in [0.15, 0.2) is 5.82 Å². The zero-order valence-electron chi connectivity index (χ0n) is 12.2. The first-order valence-corrected chi connectivity index (χ1v) is 7.96. The molecule has 8 heteroatoms. The number of aryl methyl sites for hydroxylation is 2. The number of anilines is 1. The van der Waals surface area contributed by atoms with Crippen molar-refractivity contribution in [1.82, 2.24) is 14.9 Å². The van der Waals surface area contributed by atoms with Crippen LogP contribution in [0.5, 0.6) is 0 Å². The van der Waals surface area contributed by atoms with Crippen LogP contribution in [0.3, 0.4) is 0 Å². The molecule has 0 unspecified atom stereocenters. The van der Waals surface area contributed by atoms with Gasteiger partial charge in [0, 0.05) is 25.7 Å². The lowest BCUT2D eigenvalue weighted by Gasteiger charge is -2.13. The highest BCUT2D eigenvalue weighted by molar-refractivity contribution is 7.89. The summed E-state index contributed by atoms with van der Waals surface area (Å²) >= 11 is 0. The third kappa shape index (κ3) is 3.59. The molecular formula is C13H18N4O3S. The molecule has 0 radical (unpaired) electrons. The van der Waals surface area contributed by atoms with Crippen molar-refractivity contribution in [3.8, 4) is 0 Å². The Morgan fingerprint density at radius 2 is 1.90 bits per heavy atom. The Hall–Kier alpha value is -1.93. The number of aromatic nitrogens is 2. The second-order valence-corrected chi connectivity index (χ2v) is 6.39. The number of nitrogens with one attached hydrogen (secondary N) is 2. The van der Waals surface area contributed by atoms with Gasteiger partial charge in [-0.25, -0.2) is 13.1 Å². The van der Waals surface area contributed by atoms with Gasteiger partial charge in [0.1, 0.15) is 0 Å². The molecule has 0 amide bonds. The van der Waals surface area contributed by atoms with Gasteiger partial charge in [-0.3, -0.25) is 0 Å². The average Bonchev–Trinajstić information content (AvgIpc) is 2.90. The van der Waals surface area contributed by atoms with Crippen molar-refractivity contribution in [2.24, 2.45) is 0 Å². The number of sulfonamides is 1. The topological polar surface area (TPSA) is 97.1 Å². The minimum Gasteiger partial charge on any atom is -0.388 e. The second kappa shape index (κ2) is 6.23. The molecule has 0 bridgehead atoms. The molecule has 2 N–H and O–H groups in total. The Bertz CT molecular complexity index is 688. The Morgan fingerprint density at radius 1 is 1.24 bits per heavy atom. The molecule has 2 aromatic rings. The van der Waals surface area contributed by atoms with E-state index in [1.54, 1.807) is 33.0 Å². The summed E-state index contributed by atoms with van der Waals surface area (Å²) in [5, 5.41) is 6.64. The molecule has 114 valence electrons. The Balaban J connectivity index is 2.15. The van der Waals surface area contributed by atoms with Gasteiger partial charge in [0.05, 0.1) is 4.90 Å². The summed E-state index contributed by atoms with van der Waals surface area (Å²) in [4.78, 5) is 4.16. The van der Waals surface area contributed by atoms with Crippen molar-refractivity contribution in [2.45, 2.75) is 25.2 Å². The lowest BCUT2D eigenvalue weighted by atomic mass is 10.1. The van der Waals surface area contributed by atoms with Crippen molar-refractivity contribution in [3.05, 3.63) is 35.5 Å². The van der Waals surface area contributed by atoms with E-state index in [-0.39, 0.29) is 6.54 Å². The Morgan fingerprint density at radius 3 is 2.43 bits per heavy atom. The number of benzene rings is 1. The Labute approximate surface area is 123 Å². The van der Waals surface area contributed by atoms with Crippen molar-refractivity contribution in [1.29, 1.82) is 0 Å². The van der Waals surface area contributed by atoms with Crippen LogP contribution in [0.1, 0.15) is 17.0 Å². The molecule has 0 spiro atoms. The fourth-order valence-corrected chi connectivity index (χ4v) is 3.67. The summed E-state index contributed by atoms with van der Waals surface area (Å²) in [5.74, 6) is 0.469. The fourth-order valence-electron chi connectivity index (χ4n) is 2.19. The number of hydrogen-bond acceptors (Lipinski definition) is 6. The van der Waals surface area contributed by atoms with Gasteiger partial charge < -0.3 is 9.84 Å². The number of rotatable bonds is 6. The Kier molecular flexibility index (Phi) is 4.59. The summed E-state index contributed by atoms with van der Waals surface area (Å²) in [5.41, 5.74) is 2.29. The van der Waals surface area contributed by atoms with Crippen LogP contribution in [0.2, 0.25) is 0 Å². The molecule has 7 nitrogen and oxygen atoms in total. The zero-order chi connectivity index (χ0) is 15.5. The maximum absolute atomic E-state index is 12.4. The molecule has 1 aromatic heterocycles. The lowest BCUT2D eigenvalue weighted by Crippen LogP contribution is -2.27. The molecule has 0 aliphatic heterocycles. The van der Waals surface area contributed by atoms with Crippen molar-refractivity contribution >= 4 is 15.7 Å². The minimum atomic E-state index is -3.56. The van der Waals surface area contributed by atoms with Crippen LogP contribution in [0.25, 0.3) is 0 Å². The number of nitrogens with zero attached hydrogens (tertiary/aromatic N) is 2. The third-order valence-corrected chi connectivity index (χ3v) is 4.83. The highest BCUT2D eigenvalue weighted by Crippen LogP contribution is 2.24. The van der Waals surface area contributed by atoms with Crippen LogP contribution >= 0.6 is 0 Å². The van der Waals surface area contributed by atoms with E-state index < -0.39 is 10.0 Å². The van der Waals surface area contributed by atoms with E-state index in [1.165, 1.54) is 6.39 Å². The van der Waals surface area contributed by atoms with Gasteiger partial charge in [-0.05, 0) is 37.1 Å². The van der Waals surface area contributed by atoms with E-state index in [2.05, 4.69) is 24.7 Å². The van der Waals surface area contributed by atoms with Gasteiger partial charge >= 0.3 is 0 Å². The quantitative estimate of drug-likeness (QED) is 0.833. The van der Waals surface area contributed by atoms with E-state index in [4.69, 9.17) is 0 Å². The molecule has 0 aliphatic rings. The van der Waals surface area contributed by atoms with Gasteiger partial charge in [-0.15, -0.1) is 0 Å². The lowest BCUT2D eigenvalue weighted by molar-refractivity contribution is 0.410. The van der Waals surface area contributed by atoms with Crippen LogP contribution in [-0.4, -0.2) is 32.2 Å². The van der Waals surface area contributed by atoms with Gasteiger partial charge in [0.2, 0.25) is 16.4 Å². The van der Waals surface area contributed by atoms with Crippen molar-refractivity contribution in [2.75, 3.05) is 18.9 Å². The smallest absolute Gasteiger partial charge is 0.241 e. The number of hydrogen-bond donors (Lipinski definition) is 2. The van der Waals surface area contributed by atoms with Crippen molar-refractivity contribution < 1.29 is 12.9 Å². The molecule has 21 heavy (non-hydrogen) atoms. The minimum absolute atomic E-state index is 0.217. The summed E-state index contributed by atoms with van der Waals surface area (Å²) in [6, 6.07) is 3.61. The fraction of sp³-hybridized carbons (Fsp3) is 0.385. The van der Waals surface area contributed by atoms with E-state index in [0.717, 1.165) is 5.69 Å². The highest BCUT2D eigenvalue weighted by atomic mass is 32.2. The molecular weight excluding hydrogens is 292 g/mol. The van der Waals surface area contributed by atoms with Crippen LogP contribution in [0.4, 0.5) is 5.69 Å². The maximum Gasteiger partial charge on any atom is 0.241 e. The predicted molar refractivity (Wildman–Crippen MR) is 78.7 cm³/mol. The standard InChI is InChI=1S/C13H18N4O3S/c1-9-6-11(14-3)7-10(2)13(9)21(18,19)16-5-4-12-15-8-20-17-12/h6-8,14,16H,4-5H2,1-3H3. The van der Waals surface area contributed by atoms with Gasteiger partial charge in [-0.1, -0.05) is 5.16 Å². The highest BCUT2D eigenvalue weighted by Gasteiger charge is 2.19. The van der Waals surface area contributed by atoms with Crippen molar-refractivity contribution in [3.63, 3.8) is 0 Å². The van der Waals surface area contributed by atoms with Crippen LogP contribution in [0, 0.1) is 13.8 Å². The van der Waals surface area contributed by atoms with Crippen LogP contribution in [0.15, 0.2) is 27.9 Å². The predicted octanol–water partition coefficient (Wildman–Crippen LogP) is 1.25. The monoisotopic (exact) mass is 310 g/mol. The summed E-state index contributed by atoms with van der Waals surface area (Å²) in [6.07, 6.45) is 1.59.